The minimum Gasteiger partial charge on any atom is -0.493 e. The van der Waals surface area contributed by atoms with Gasteiger partial charge in [-0.3, -0.25) is 0 Å². The van der Waals surface area contributed by atoms with Gasteiger partial charge < -0.3 is 19.5 Å². The summed E-state index contributed by atoms with van der Waals surface area (Å²) in [6, 6.07) is 12.3. The minimum absolute atomic E-state index is 0.0179. The first-order chi connectivity index (χ1) is 22.9. The van der Waals surface area contributed by atoms with Crippen LogP contribution in [0.5, 0.6) is 5.75 Å². The van der Waals surface area contributed by atoms with E-state index >= 15 is 0 Å². The molecule has 48 heavy (non-hydrogen) atoms. The Morgan fingerprint density at radius 2 is 1.56 bits per heavy atom. The number of aliphatic hydroxyl groups is 1. The van der Waals surface area contributed by atoms with E-state index in [1.807, 2.05) is 44.2 Å². The third-order valence-corrected chi connectivity index (χ3v) is 10.9. The smallest absolute Gasteiger partial charge is 0.172 e. The molecule has 0 saturated heterocycles. The Hall–Kier alpha value is -4.29. The van der Waals surface area contributed by atoms with E-state index in [0.717, 1.165) is 72.7 Å². The van der Waals surface area contributed by atoms with Gasteiger partial charge in [0.2, 0.25) is 0 Å². The molecule has 5 rings (SSSR count). The maximum Gasteiger partial charge on any atom is 0.172 e. The van der Waals surface area contributed by atoms with Crippen LogP contribution in [-0.4, -0.2) is 37.0 Å². The van der Waals surface area contributed by atoms with Gasteiger partial charge in [0, 0.05) is 51.8 Å². The third kappa shape index (κ3) is 6.95. The van der Waals surface area contributed by atoms with Gasteiger partial charge in [-0.1, -0.05) is 40.2 Å². The van der Waals surface area contributed by atoms with E-state index in [0.29, 0.717) is 12.2 Å². The van der Waals surface area contributed by atoms with Crippen molar-refractivity contribution in [3.8, 4) is 24.0 Å². The van der Waals surface area contributed by atoms with Crippen LogP contribution in [0, 0.1) is 34.0 Å². The van der Waals surface area contributed by atoms with Gasteiger partial charge in [-0.25, -0.2) is 0 Å². The molecule has 7 nitrogen and oxygen atoms in total. The van der Waals surface area contributed by atoms with Crippen LogP contribution in [0.2, 0.25) is 0 Å². The molecule has 0 radical (unpaired) electrons. The Kier molecular flexibility index (Phi) is 10.3. The van der Waals surface area contributed by atoms with Gasteiger partial charge in [-0.2, -0.15) is 15.8 Å². The fourth-order valence-corrected chi connectivity index (χ4v) is 7.78. The Morgan fingerprint density at radius 1 is 0.917 bits per heavy atom. The molecular formula is C40H46N4O3S. The van der Waals surface area contributed by atoms with E-state index in [1.54, 1.807) is 11.3 Å². The number of aliphatic hydroxyl groups excluding tert-OH is 1. The molecule has 8 heteroatoms. The number of hydrogen-bond acceptors (Lipinski definition) is 8. The number of nitrogens with zero attached hydrogens (tertiary/aromatic N) is 4. The van der Waals surface area contributed by atoms with Crippen molar-refractivity contribution in [1.29, 1.82) is 15.8 Å². The summed E-state index contributed by atoms with van der Waals surface area (Å²) in [7, 11) is 0. The molecule has 0 fully saturated rings. The van der Waals surface area contributed by atoms with Crippen molar-refractivity contribution in [2.24, 2.45) is 0 Å². The molecule has 0 atom stereocenters. The van der Waals surface area contributed by atoms with Crippen molar-refractivity contribution in [3.05, 3.63) is 73.2 Å². The molecule has 1 aromatic heterocycles. The molecule has 1 aromatic carbocycles. The topological polar surface area (TPSA) is 113 Å². The Balaban J connectivity index is 1.49. The van der Waals surface area contributed by atoms with Crippen molar-refractivity contribution in [2.75, 3.05) is 31.2 Å². The largest absolute Gasteiger partial charge is 0.493 e. The highest BCUT2D eigenvalue weighted by molar-refractivity contribution is 7.13. The predicted molar refractivity (Wildman–Crippen MR) is 193 cm³/mol. The summed E-state index contributed by atoms with van der Waals surface area (Å²) >= 11 is 1.64. The summed E-state index contributed by atoms with van der Waals surface area (Å²) in [6.07, 6.45) is 14.2. The standard InChI is InChI=1S/C40H46N4O3S/c1-38(2)17-19-44-20-18-39(3,4)34-35(44)33(38)23-27(37(34)46-22-10-8-7-9-21-45)11-12-29-13-14-30(48-29)15-16-32-31(26-43)36(28(24-41)25-42)47-40(32,5)6/h11-16,23,45H,7-10,17-22H2,1-6H3/b12-11+,16-15+. The van der Waals surface area contributed by atoms with E-state index < -0.39 is 5.60 Å². The SMILES string of the molecule is CC1(C)OC(=C(C#N)C#N)C(C#N)=C1/C=C/c1ccc(/C=C/c2cc3c4c(c2OCCCCCCO)C(C)(C)CCN4CCC3(C)C)s1. The van der Waals surface area contributed by atoms with Crippen molar-refractivity contribution in [3.63, 3.8) is 0 Å². The molecule has 1 N–H and O–H groups in total. The molecular weight excluding hydrogens is 617 g/mol. The number of anilines is 1. The monoisotopic (exact) mass is 662 g/mol. The maximum absolute atomic E-state index is 9.87. The highest BCUT2D eigenvalue weighted by atomic mass is 32.1. The molecule has 3 aliphatic rings. The molecule has 2 aromatic rings. The quantitative estimate of drug-likeness (QED) is 0.189. The lowest BCUT2D eigenvalue weighted by atomic mass is 9.68. The van der Waals surface area contributed by atoms with Crippen molar-refractivity contribution in [2.45, 2.75) is 96.5 Å². The van der Waals surface area contributed by atoms with Crippen LogP contribution >= 0.6 is 11.3 Å². The van der Waals surface area contributed by atoms with Crippen LogP contribution in [0.3, 0.4) is 0 Å². The third-order valence-electron chi connectivity index (χ3n) is 9.87. The Bertz CT molecular complexity index is 1800. The van der Waals surface area contributed by atoms with Crippen molar-refractivity contribution < 1.29 is 14.6 Å². The fraction of sp³-hybridized carbons (Fsp3) is 0.475. The summed E-state index contributed by atoms with van der Waals surface area (Å²) in [5.74, 6) is 1.04. The zero-order valence-corrected chi connectivity index (χ0v) is 29.9. The van der Waals surface area contributed by atoms with Gasteiger partial charge in [0.15, 0.2) is 11.3 Å². The highest BCUT2D eigenvalue weighted by Crippen LogP contribution is 2.54. The number of hydrogen-bond donors (Lipinski definition) is 1. The summed E-state index contributed by atoms with van der Waals surface area (Å²) in [5, 5.41) is 37.8. The van der Waals surface area contributed by atoms with Crippen LogP contribution in [0.4, 0.5) is 5.69 Å². The zero-order chi connectivity index (χ0) is 34.7. The molecule has 0 saturated carbocycles. The summed E-state index contributed by atoms with van der Waals surface area (Å²) in [5.41, 5.74) is 5.04. The lowest BCUT2D eigenvalue weighted by Crippen LogP contribution is -2.45. The molecule has 0 bridgehead atoms. The van der Waals surface area contributed by atoms with Gasteiger partial charge in [0.25, 0.3) is 0 Å². The summed E-state index contributed by atoms with van der Waals surface area (Å²) < 4.78 is 12.6. The van der Waals surface area contributed by atoms with Crippen LogP contribution in [-0.2, 0) is 15.6 Å². The predicted octanol–water partition coefficient (Wildman–Crippen LogP) is 8.96. The van der Waals surface area contributed by atoms with Gasteiger partial charge in [-0.05, 0) is 98.8 Å². The molecule has 0 aliphatic carbocycles. The number of ether oxygens (including phenoxy) is 2. The van der Waals surface area contributed by atoms with Gasteiger partial charge >= 0.3 is 0 Å². The van der Waals surface area contributed by atoms with Crippen LogP contribution in [0.1, 0.15) is 107 Å². The molecule has 4 heterocycles. The van der Waals surface area contributed by atoms with E-state index in [4.69, 9.17) is 9.47 Å². The number of rotatable bonds is 11. The molecule has 3 aliphatic heterocycles. The summed E-state index contributed by atoms with van der Waals surface area (Å²) in [4.78, 5) is 4.67. The first-order valence-electron chi connectivity index (χ1n) is 16.9. The van der Waals surface area contributed by atoms with Crippen molar-refractivity contribution >= 4 is 35.3 Å². The van der Waals surface area contributed by atoms with Crippen molar-refractivity contribution in [1.82, 2.24) is 0 Å². The molecule has 0 unspecified atom stereocenters. The number of benzene rings is 1. The zero-order valence-electron chi connectivity index (χ0n) is 29.1. The average molecular weight is 663 g/mol. The van der Waals surface area contributed by atoms with Crippen LogP contribution < -0.4 is 9.64 Å². The summed E-state index contributed by atoms with van der Waals surface area (Å²) in [6.45, 7) is 16.1. The second-order valence-electron chi connectivity index (χ2n) is 14.7. The first kappa shape index (κ1) is 35.0. The first-order valence-corrected chi connectivity index (χ1v) is 17.7. The lowest BCUT2D eigenvalue weighted by molar-refractivity contribution is 0.0954. The highest BCUT2D eigenvalue weighted by Gasteiger charge is 2.43. The number of thiophene rings is 1. The lowest BCUT2D eigenvalue weighted by Gasteiger charge is -2.49. The Labute approximate surface area is 289 Å². The van der Waals surface area contributed by atoms with E-state index in [1.165, 1.54) is 16.8 Å². The maximum atomic E-state index is 9.87. The van der Waals surface area contributed by atoms with E-state index in [-0.39, 0.29) is 34.3 Å². The average Bonchev–Trinajstić information content (AvgIpc) is 3.60. The second kappa shape index (κ2) is 14.1. The molecule has 250 valence electrons. The van der Waals surface area contributed by atoms with Crippen LogP contribution in [0.15, 0.2) is 46.8 Å². The van der Waals surface area contributed by atoms with E-state index in [2.05, 4.69) is 62.9 Å². The van der Waals surface area contributed by atoms with E-state index in [9.17, 15) is 20.9 Å². The van der Waals surface area contributed by atoms with Gasteiger partial charge in [0.1, 0.15) is 35.1 Å². The normalized spacial score (nSPS) is 18.8. The molecule has 0 spiro atoms. The van der Waals surface area contributed by atoms with Crippen LogP contribution in [0.25, 0.3) is 18.2 Å². The molecule has 0 amide bonds. The minimum atomic E-state index is -0.852. The Morgan fingerprint density at radius 3 is 2.21 bits per heavy atom. The second-order valence-corrected chi connectivity index (χ2v) is 15.8. The van der Waals surface area contributed by atoms with Gasteiger partial charge in [-0.15, -0.1) is 11.3 Å². The van der Waals surface area contributed by atoms with Gasteiger partial charge in [0.05, 0.1) is 6.61 Å². The number of nitriles is 3. The number of allylic oxidation sites excluding steroid dienone is 2. The number of unbranched alkanes of at least 4 members (excludes halogenated alkanes) is 3. The fourth-order valence-electron chi connectivity index (χ4n) is 6.96.